The molecular weight excluding hydrogens is 344 g/mol. The lowest BCUT2D eigenvalue weighted by Gasteiger charge is -2.60. The fourth-order valence-electron chi connectivity index (χ4n) is 6.33. The predicted octanol–water partition coefficient (Wildman–Crippen LogP) is 2.98. The second-order valence-corrected chi connectivity index (χ2v) is 8.59. The molecule has 5 aliphatic rings. The SMILES string of the molecule is CCNC(=O)OC12CC3CC(C1)C(N1C(=O)c4ccccc4C1=O)C(C3)C2. The zero-order chi connectivity index (χ0) is 18.8. The third-order valence-corrected chi connectivity index (χ3v) is 6.92. The van der Waals surface area contributed by atoms with Crippen molar-refractivity contribution in [2.75, 3.05) is 6.54 Å². The monoisotopic (exact) mass is 368 g/mol. The van der Waals surface area contributed by atoms with Gasteiger partial charge < -0.3 is 10.1 Å². The minimum atomic E-state index is -0.426. The molecule has 4 saturated carbocycles. The molecule has 0 spiro atoms. The lowest BCUT2D eigenvalue weighted by molar-refractivity contribution is -0.151. The van der Waals surface area contributed by atoms with Gasteiger partial charge in [0.2, 0.25) is 0 Å². The molecule has 27 heavy (non-hydrogen) atoms. The molecule has 4 aliphatic carbocycles. The second-order valence-electron chi connectivity index (χ2n) is 8.59. The molecule has 2 unspecified atom stereocenters. The van der Waals surface area contributed by atoms with Crippen LogP contribution in [0, 0.1) is 17.8 Å². The van der Waals surface area contributed by atoms with E-state index in [0.717, 1.165) is 32.1 Å². The van der Waals surface area contributed by atoms with E-state index in [4.69, 9.17) is 4.74 Å². The van der Waals surface area contributed by atoms with Crippen LogP contribution in [0.5, 0.6) is 0 Å². The summed E-state index contributed by atoms with van der Waals surface area (Å²) in [6.45, 7) is 2.42. The normalized spacial score (nSPS) is 36.1. The Morgan fingerprint density at radius 2 is 1.70 bits per heavy atom. The Labute approximate surface area is 158 Å². The number of carbonyl (C=O) groups is 3. The van der Waals surface area contributed by atoms with Crippen molar-refractivity contribution >= 4 is 17.9 Å². The van der Waals surface area contributed by atoms with Gasteiger partial charge in [0.05, 0.1) is 11.1 Å². The van der Waals surface area contributed by atoms with Crippen LogP contribution < -0.4 is 5.32 Å². The van der Waals surface area contributed by atoms with Gasteiger partial charge in [-0.05, 0) is 68.9 Å². The first-order valence-corrected chi connectivity index (χ1v) is 9.95. The largest absolute Gasteiger partial charge is 0.443 e. The second kappa shape index (κ2) is 5.81. The number of rotatable bonds is 3. The highest BCUT2D eigenvalue weighted by atomic mass is 16.6. The summed E-state index contributed by atoms with van der Waals surface area (Å²) >= 11 is 0. The van der Waals surface area contributed by atoms with E-state index in [1.165, 1.54) is 4.90 Å². The van der Waals surface area contributed by atoms with Gasteiger partial charge in [0.25, 0.3) is 11.8 Å². The van der Waals surface area contributed by atoms with Gasteiger partial charge >= 0.3 is 6.09 Å². The standard InChI is InChI=1S/C21H24N2O4/c1-2-22-20(26)27-21-9-12-7-13(10-21)17(14(8-12)11-21)23-18(24)15-5-3-4-6-16(15)19(23)25/h3-6,12-14,17H,2,7-11H2,1H3,(H,22,26). The number of ether oxygens (including phenoxy) is 1. The van der Waals surface area contributed by atoms with Crippen LogP contribution >= 0.6 is 0 Å². The maximum Gasteiger partial charge on any atom is 0.407 e. The molecule has 1 aromatic carbocycles. The van der Waals surface area contributed by atoms with Gasteiger partial charge in [-0.3, -0.25) is 14.5 Å². The lowest BCUT2D eigenvalue weighted by Crippen LogP contribution is -2.63. The number of imide groups is 1. The zero-order valence-electron chi connectivity index (χ0n) is 15.4. The molecule has 0 radical (unpaired) electrons. The number of amides is 3. The summed E-state index contributed by atoms with van der Waals surface area (Å²) in [5, 5.41) is 2.73. The molecule has 6 heteroatoms. The number of benzene rings is 1. The van der Waals surface area contributed by atoms with E-state index in [0.29, 0.717) is 23.6 Å². The van der Waals surface area contributed by atoms with Crippen molar-refractivity contribution < 1.29 is 19.1 Å². The Morgan fingerprint density at radius 1 is 1.11 bits per heavy atom. The summed E-state index contributed by atoms with van der Waals surface area (Å²) in [6.07, 6.45) is 4.07. The van der Waals surface area contributed by atoms with E-state index in [1.807, 2.05) is 6.92 Å². The number of fused-ring (bicyclic) bond motifs is 1. The molecule has 4 bridgehead atoms. The summed E-state index contributed by atoms with van der Waals surface area (Å²) in [4.78, 5) is 39.6. The molecule has 6 rings (SSSR count). The number of alkyl carbamates (subject to hydrolysis) is 1. The Bertz CT molecular complexity index is 784. The molecule has 0 aromatic heterocycles. The number of nitrogens with zero attached hydrogens (tertiary/aromatic N) is 1. The highest BCUT2D eigenvalue weighted by molar-refractivity contribution is 6.21. The zero-order valence-corrected chi connectivity index (χ0v) is 15.4. The van der Waals surface area contributed by atoms with E-state index in [2.05, 4.69) is 5.32 Å². The lowest BCUT2D eigenvalue weighted by atomic mass is 9.52. The van der Waals surface area contributed by atoms with E-state index >= 15 is 0 Å². The Balaban J connectivity index is 1.43. The van der Waals surface area contributed by atoms with Crippen molar-refractivity contribution in [3.63, 3.8) is 0 Å². The van der Waals surface area contributed by atoms with Crippen molar-refractivity contribution in [1.82, 2.24) is 10.2 Å². The van der Waals surface area contributed by atoms with Crippen molar-refractivity contribution in [3.05, 3.63) is 35.4 Å². The molecular formula is C21H24N2O4. The number of carbonyl (C=O) groups excluding carboxylic acids is 3. The van der Waals surface area contributed by atoms with Crippen LogP contribution in [0.3, 0.4) is 0 Å². The van der Waals surface area contributed by atoms with Crippen molar-refractivity contribution in [3.8, 4) is 0 Å². The summed E-state index contributed by atoms with van der Waals surface area (Å²) in [7, 11) is 0. The molecule has 0 saturated heterocycles. The van der Waals surface area contributed by atoms with Gasteiger partial charge in [-0.15, -0.1) is 0 Å². The van der Waals surface area contributed by atoms with Crippen molar-refractivity contribution in [2.45, 2.75) is 50.7 Å². The first-order valence-electron chi connectivity index (χ1n) is 9.95. The average Bonchev–Trinajstić information content (AvgIpc) is 2.86. The van der Waals surface area contributed by atoms with Crippen LogP contribution in [0.4, 0.5) is 4.79 Å². The predicted molar refractivity (Wildman–Crippen MR) is 97.2 cm³/mol. The summed E-state index contributed by atoms with van der Waals surface area (Å²) in [5.41, 5.74) is 0.611. The highest BCUT2D eigenvalue weighted by Gasteiger charge is 2.60. The highest BCUT2D eigenvalue weighted by Crippen LogP contribution is 2.59. The molecule has 6 nitrogen and oxygen atoms in total. The van der Waals surface area contributed by atoms with Crippen LogP contribution in [-0.4, -0.2) is 41.0 Å². The van der Waals surface area contributed by atoms with Gasteiger partial charge in [0.15, 0.2) is 0 Å². The number of hydrogen-bond donors (Lipinski definition) is 1. The van der Waals surface area contributed by atoms with Gasteiger partial charge in [-0.1, -0.05) is 12.1 Å². The van der Waals surface area contributed by atoms with Gasteiger partial charge in [0.1, 0.15) is 5.60 Å². The fraction of sp³-hybridized carbons (Fsp3) is 0.571. The third-order valence-electron chi connectivity index (χ3n) is 6.92. The Morgan fingerprint density at radius 3 is 2.26 bits per heavy atom. The van der Waals surface area contributed by atoms with Crippen LogP contribution in [0.1, 0.15) is 59.7 Å². The van der Waals surface area contributed by atoms with E-state index in [-0.39, 0.29) is 35.8 Å². The Hall–Kier alpha value is -2.37. The average molecular weight is 368 g/mol. The van der Waals surface area contributed by atoms with E-state index < -0.39 is 5.60 Å². The van der Waals surface area contributed by atoms with Crippen molar-refractivity contribution in [2.24, 2.45) is 17.8 Å². The summed E-state index contributed by atoms with van der Waals surface area (Å²) < 4.78 is 5.88. The number of hydrogen-bond acceptors (Lipinski definition) is 4. The molecule has 1 N–H and O–H groups in total. The van der Waals surface area contributed by atoms with Crippen molar-refractivity contribution in [1.29, 1.82) is 0 Å². The minimum absolute atomic E-state index is 0.0695. The fourth-order valence-corrected chi connectivity index (χ4v) is 6.33. The van der Waals surface area contributed by atoms with Crippen LogP contribution in [0.15, 0.2) is 24.3 Å². The van der Waals surface area contributed by atoms with Crippen LogP contribution in [0.25, 0.3) is 0 Å². The van der Waals surface area contributed by atoms with E-state index in [1.54, 1.807) is 24.3 Å². The molecule has 1 heterocycles. The van der Waals surface area contributed by atoms with Gasteiger partial charge in [-0.2, -0.15) is 0 Å². The first kappa shape index (κ1) is 16.8. The van der Waals surface area contributed by atoms with Gasteiger partial charge in [-0.25, -0.2) is 4.79 Å². The number of nitrogens with one attached hydrogen (secondary N) is 1. The molecule has 3 amide bonds. The smallest absolute Gasteiger partial charge is 0.407 e. The summed E-state index contributed by atoms with van der Waals surface area (Å²) in [6, 6.07) is 7.02. The topological polar surface area (TPSA) is 75.7 Å². The van der Waals surface area contributed by atoms with E-state index in [9.17, 15) is 14.4 Å². The molecule has 142 valence electrons. The van der Waals surface area contributed by atoms with Crippen LogP contribution in [-0.2, 0) is 4.74 Å². The molecule has 2 atom stereocenters. The summed E-state index contributed by atoms with van der Waals surface area (Å²) in [5.74, 6) is 0.627. The molecule has 1 aliphatic heterocycles. The Kier molecular flexibility index (Phi) is 3.61. The quantitative estimate of drug-likeness (QED) is 0.832. The molecule has 1 aromatic rings. The maximum absolute atomic E-state index is 13.0. The maximum atomic E-state index is 13.0. The van der Waals surface area contributed by atoms with Crippen LogP contribution in [0.2, 0.25) is 0 Å². The molecule has 4 fully saturated rings. The third kappa shape index (κ3) is 2.42. The van der Waals surface area contributed by atoms with Gasteiger partial charge in [0, 0.05) is 12.6 Å². The minimum Gasteiger partial charge on any atom is -0.443 e. The first-order chi connectivity index (χ1) is 13.0.